The van der Waals surface area contributed by atoms with E-state index in [9.17, 15) is 4.79 Å². The molecule has 0 bridgehead atoms. The topological polar surface area (TPSA) is 17.1 Å². The molecule has 0 aromatic carbocycles. The monoisotopic (exact) mass is 111 g/mol. The Morgan fingerprint density at radius 2 is 2.12 bits per heavy atom. The van der Waals surface area contributed by atoms with Gasteiger partial charge in [-0.1, -0.05) is 19.9 Å². The van der Waals surface area contributed by atoms with Gasteiger partial charge in [-0.25, -0.2) is 0 Å². The lowest BCUT2D eigenvalue weighted by Gasteiger charge is -1.91. The zero-order valence-electron chi connectivity index (χ0n) is 5.56. The molecule has 0 aromatic rings. The molecular weight excluding hydrogens is 100 g/mol. The minimum Gasteiger partial charge on any atom is -0.285 e. The van der Waals surface area contributed by atoms with Crippen molar-refractivity contribution < 1.29 is 4.79 Å². The first-order valence-corrected chi connectivity index (χ1v) is 2.73. The van der Waals surface area contributed by atoms with Crippen molar-refractivity contribution in [1.82, 2.24) is 0 Å². The summed E-state index contributed by atoms with van der Waals surface area (Å²) in [5.41, 5.74) is 0.694. The van der Waals surface area contributed by atoms with Gasteiger partial charge < -0.3 is 0 Å². The van der Waals surface area contributed by atoms with Crippen molar-refractivity contribution in [3.05, 3.63) is 11.6 Å². The van der Waals surface area contributed by atoms with Crippen LogP contribution in [-0.2, 0) is 4.79 Å². The van der Waals surface area contributed by atoms with E-state index in [2.05, 4.69) is 0 Å². The summed E-state index contributed by atoms with van der Waals surface area (Å²) >= 11 is 0. The molecule has 0 spiro atoms. The number of carbonyl (C=O) groups excluding carboxylic acids is 1. The van der Waals surface area contributed by atoms with Gasteiger partial charge in [0.25, 0.3) is 0 Å². The summed E-state index contributed by atoms with van der Waals surface area (Å²) in [5, 5.41) is 0. The fraction of sp³-hybridized carbons (Fsp3) is 0.571. The van der Waals surface area contributed by atoms with Gasteiger partial charge >= 0.3 is 0 Å². The lowest BCUT2D eigenvalue weighted by atomic mass is 10.1. The Morgan fingerprint density at radius 3 is 2.25 bits per heavy atom. The summed E-state index contributed by atoms with van der Waals surface area (Å²) in [4.78, 5) is 9.85. The normalized spacial score (nSPS) is 12.2. The van der Waals surface area contributed by atoms with E-state index in [0.717, 1.165) is 0 Å². The SMILES string of the molecule is CC([C]=O)=CC(C)C. The second-order valence-electron chi connectivity index (χ2n) is 2.20. The number of allylic oxidation sites excluding steroid dienone is 2. The zero-order valence-corrected chi connectivity index (χ0v) is 5.56. The minimum absolute atomic E-state index is 0.455. The molecule has 0 aliphatic carbocycles. The summed E-state index contributed by atoms with van der Waals surface area (Å²) in [7, 11) is 0. The van der Waals surface area contributed by atoms with Gasteiger partial charge in [0, 0.05) is 0 Å². The molecule has 45 valence electrons. The van der Waals surface area contributed by atoms with Crippen LogP contribution in [-0.4, -0.2) is 6.29 Å². The molecule has 0 aliphatic rings. The van der Waals surface area contributed by atoms with Crippen LogP contribution in [0, 0.1) is 5.92 Å². The average molecular weight is 111 g/mol. The van der Waals surface area contributed by atoms with E-state index < -0.39 is 0 Å². The summed E-state index contributed by atoms with van der Waals surface area (Å²) in [6, 6.07) is 0. The van der Waals surface area contributed by atoms with Crippen molar-refractivity contribution in [1.29, 1.82) is 0 Å². The van der Waals surface area contributed by atoms with Crippen molar-refractivity contribution in [3.8, 4) is 0 Å². The average Bonchev–Trinajstić information content (AvgIpc) is 1.65. The van der Waals surface area contributed by atoms with Gasteiger partial charge in [0.1, 0.15) is 0 Å². The number of hydrogen-bond donors (Lipinski definition) is 0. The highest BCUT2D eigenvalue weighted by atomic mass is 16.1. The molecular formula is C7H11O. The molecule has 0 aliphatic heterocycles. The van der Waals surface area contributed by atoms with Crippen LogP contribution in [0.2, 0.25) is 0 Å². The van der Waals surface area contributed by atoms with Crippen molar-refractivity contribution in [2.24, 2.45) is 5.92 Å². The van der Waals surface area contributed by atoms with Gasteiger partial charge in [-0.2, -0.15) is 0 Å². The standard InChI is InChI=1S/C7H11O/c1-6(2)4-7(3)5-8/h4,6H,1-3H3. The molecule has 1 heteroatoms. The fourth-order valence-corrected chi connectivity index (χ4v) is 0.534. The molecule has 0 fully saturated rings. The first-order chi connectivity index (χ1) is 3.66. The number of rotatable bonds is 2. The van der Waals surface area contributed by atoms with E-state index in [4.69, 9.17) is 0 Å². The minimum atomic E-state index is 0.455. The first-order valence-electron chi connectivity index (χ1n) is 2.73. The van der Waals surface area contributed by atoms with Crippen LogP contribution in [0.25, 0.3) is 0 Å². The predicted octanol–water partition coefficient (Wildman–Crippen LogP) is 1.70. The van der Waals surface area contributed by atoms with Gasteiger partial charge in [0.05, 0.1) is 0 Å². The molecule has 1 nitrogen and oxygen atoms in total. The van der Waals surface area contributed by atoms with E-state index in [0.29, 0.717) is 11.5 Å². The van der Waals surface area contributed by atoms with Crippen LogP contribution < -0.4 is 0 Å². The first kappa shape index (κ1) is 7.41. The molecule has 1 radical (unpaired) electrons. The van der Waals surface area contributed by atoms with E-state index in [1.165, 1.54) is 0 Å². The molecule has 0 atom stereocenters. The molecule has 8 heavy (non-hydrogen) atoms. The third-order valence-corrected chi connectivity index (χ3v) is 0.744. The van der Waals surface area contributed by atoms with E-state index >= 15 is 0 Å². The van der Waals surface area contributed by atoms with Gasteiger partial charge in [-0.15, -0.1) is 0 Å². The van der Waals surface area contributed by atoms with Crippen LogP contribution in [0.3, 0.4) is 0 Å². The van der Waals surface area contributed by atoms with Crippen molar-refractivity contribution in [2.45, 2.75) is 20.8 Å². The van der Waals surface area contributed by atoms with Crippen LogP contribution in [0.15, 0.2) is 11.6 Å². The quantitative estimate of drug-likeness (QED) is 0.496. The van der Waals surface area contributed by atoms with Crippen molar-refractivity contribution in [2.75, 3.05) is 0 Å². The zero-order chi connectivity index (χ0) is 6.57. The molecule has 0 heterocycles. The largest absolute Gasteiger partial charge is 0.285 e. The third-order valence-electron chi connectivity index (χ3n) is 0.744. The summed E-state index contributed by atoms with van der Waals surface area (Å²) in [6.07, 6.45) is 3.69. The highest BCUT2D eigenvalue weighted by Crippen LogP contribution is 1.97. The Bertz CT molecular complexity index is 101. The Hall–Kier alpha value is -0.590. The second kappa shape index (κ2) is 3.42. The molecule has 0 saturated heterocycles. The molecule has 0 rings (SSSR count). The maximum Gasteiger partial charge on any atom is 0.228 e. The molecule has 0 aromatic heterocycles. The molecule has 0 saturated carbocycles. The Kier molecular flexibility index (Phi) is 3.16. The van der Waals surface area contributed by atoms with Crippen LogP contribution in [0.1, 0.15) is 20.8 Å². The van der Waals surface area contributed by atoms with Crippen molar-refractivity contribution >= 4 is 6.29 Å². The van der Waals surface area contributed by atoms with E-state index in [1.807, 2.05) is 26.2 Å². The Balaban J connectivity index is 3.74. The summed E-state index contributed by atoms with van der Waals surface area (Å²) in [6.45, 7) is 5.81. The number of hydrogen-bond acceptors (Lipinski definition) is 1. The van der Waals surface area contributed by atoms with Gasteiger partial charge in [0.15, 0.2) is 0 Å². The molecule has 0 unspecified atom stereocenters. The van der Waals surface area contributed by atoms with Crippen LogP contribution >= 0.6 is 0 Å². The Labute approximate surface area is 50.4 Å². The van der Waals surface area contributed by atoms with Gasteiger partial charge in [-0.3, -0.25) is 4.79 Å². The lowest BCUT2D eigenvalue weighted by Crippen LogP contribution is -1.82. The molecule has 0 N–H and O–H groups in total. The highest BCUT2D eigenvalue weighted by molar-refractivity contribution is 5.72. The van der Waals surface area contributed by atoms with Crippen molar-refractivity contribution in [3.63, 3.8) is 0 Å². The smallest absolute Gasteiger partial charge is 0.228 e. The van der Waals surface area contributed by atoms with Crippen LogP contribution in [0.4, 0.5) is 0 Å². The van der Waals surface area contributed by atoms with Crippen LogP contribution in [0.5, 0.6) is 0 Å². The molecule has 0 amide bonds. The Morgan fingerprint density at radius 1 is 1.62 bits per heavy atom. The maximum absolute atomic E-state index is 9.85. The maximum atomic E-state index is 9.85. The third kappa shape index (κ3) is 3.59. The van der Waals surface area contributed by atoms with Gasteiger partial charge in [-0.05, 0) is 18.4 Å². The highest BCUT2D eigenvalue weighted by Gasteiger charge is 1.87. The predicted molar refractivity (Wildman–Crippen MR) is 34.3 cm³/mol. The van der Waals surface area contributed by atoms with E-state index in [-0.39, 0.29) is 0 Å². The lowest BCUT2D eigenvalue weighted by molar-refractivity contribution is 0.561. The van der Waals surface area contributed by atoms with Gasteiger partial charge in [0.2, 0.25) is 6.29 Å². The van der Waals surface area contributed by atoms with E-state index in [1.54, 1.807) is 6.92 Å². The fourth-order valence-electron chi connectivity index (χ4n) is 0.534. The second-order valence-corrected chi connectivity index (χ2v) is 2.20. The summed E-state index contributed by atoms with van der Waals surface area (Å²) < 4.78 is 0. The summed E-state index contributed by atoms with van der Waals surface area (Å²) in [5.74, 6) is 0.455.